The molecule has 0 fully saturated rings. The van der Waals surface area contributed by atoms with Crippen LogP contribution in [0.2, 0.25) is 0 Å². The molecule has 0 aromatic heterocycles. The fourth-order valence-corrected chi connectivity index (χ4v) is 1.66. The molecule has 0 atom stereocenters. The van der Waals surface area contributed by atoms with Gasteiger partial charge in [0, 0.05) is 0 Å². The van der Waals surface area contributed by atoms with Crippen molar-refractivity contribution < 1.29 is 9.53 Å². The molecule has 0 heterocycles. The zero-order chi connectivity index (χ0) is 10.8. The topological polar surface area (TPSA) is 26.3 Å². The smallest absolute Gasteiger partial charge is 0.338 e. The molecular formula is C13H14O2. The van der Waals surface area contributed by atoms with Crippen LogP contribution >= 0.6 is 0 Å². The Morgan fingerprint density at radius 3 is 2.93 bits per heavy atom. The van der Waals surface area contributed by atoms with E-state index >= 15 is 0 Å². The summed E-state index contributed by atoms with van der Waals surface area (Å²) in [6.45, 7) is 3.70. The van der Waals surface area contributed by atoms with E-state index in [0.717, 1.165) is 12.0 Å². The lowest BCUT2D eigenvalue weighted by Gasteiger charge is -2.08. The predicted molar refractivity (Wildman–Crippen MR) is 59.7 cm³/mol. The summed E-state index contributed by atoms with van der Waals surface area (Å²) >= 11 is 0. The van der Waals surface area contributed by atoms with Crippen LogP contribution in [0.3, 0.4) is 0 Å². The molecule has 15 heavy (non-hydrogen) atoms. The van der Waals surface area contributed by atoms with Gasteiger partial charge in [-0.1, -0.05) is 18.2 Å². The molecule has 0 unspecified atom stereocenters. The maximum atomic E-state index is 11.6. The van der Waals surface area contributed by atoms with Gasteiger partial charge in [-0.25, -0.2) is 4.79 Å². The van der Waals surface area contributed by atoms with Gasteiger partial charge in [-0.2, -0.15) is 0 Å². The second-order valence-electron chi connectivity index (χ2n) is 3.97. The maximum Gasteiger partial charge on any atom is 0.338 e. The molecule has 1 aromatic carbocycles. The molecule has 0 amide bonds. The number of esters is 1. The summed E-state index contributed by atoms with van der Waals surface area (Å²) in [6.07, 6.45) is 5.04. The van der Waals surface area contributed by atoms with E-state index in [4.69, 9.17) is 4.74 Å². The first-order valence-corrected chi connectivity index (χ1v) is 5.17. The van der Waals surface area contributed by atoms with E-state index in [1.807, 2.05) is 38.1 Å². The van der Waals surface area contributed by atoms with E-state index in [-0.39, 0.29) is 12.1 Å². The summed E-state index contributed by atoms with van der Waals surface area (Å²) in [6, 6.07) is 5.71. The Kier molecular flexibility index (Phi) is 2.58. The van der Waals surface area contributed by atoms with Crippen LogP contribution in [0.1, 0.15) is 35.3 Å². The second-order valence-corrected chi connectivity index (χ2v) is 3.97. The van der Waals surface area contributed by atoms with Crippen molar-refractivity contribution in [1.29, 1.82) is 0 Å². The average Bonchev–Trinajstić information content (AvgIpc) is 2.62. The number of fused-ring (bicyclic) bond motifs is 1. The Balaban J connectivity index is 2.22. The lowest BCUT2D eigenvalue weighted by molar-refractivity contribution is 0.0378. The molecule has 2 heteroatoms. The predicted octanol–water partition coefficient (Wildman–Crippen LogP) is 2.82. The van der Waals surface area contributed by atoms with E-state index in [0.29, 0.717) is 5.56 Å². The average molecular weight is 202 g/mol. The molecule has 0 saturated carbocycles. The van der Waals surface area contributed by atoms with Crippen molar-refractivity contribution in [3.63, 3.8) is 0 Å². The highest BCUT2D eigenvalue weighted by Gasteiger charge is 2.12. The number of rotatable bonds is 2. The standard InChI is InChI=1S/C13H14O2/c1-9(2)15-13(14)12-7-6-10-4-3-5-11(10)8-12/h3,5-9H,4H2,1-2H3. The Bertz CT molecular complexity index is 417. The van der Waals surface area contributed by atoms with Gasteiger partial charge >= 0.3 is 5.97 Å². The molecule has 0 aliphatic heterocycles. The highest BCUT2D eigenvalue weighted by Crippen LogP contribution is 2.21. The van der Waals surface area contributed by atoms with Crippen LogP contribution in [-0.4, -0.2) is 12.1 Å². The summed E-state index contributed by atoms with van der Waals surface area (Å²) in [5.74, 6) is -0.242. The van der Waals surface area contributed by atoms with E-state index in [1.165, 1.54) is 5.56 Å². The summed E-state index contributed by atoms with van der Waals surface area (Å²) in [5, 5.41) is 0. The quantitative estimate of drug-likeness (QED) is 0.689. The molecule has 1 aromatic rings. The molecule has 2 rings (SSSR count). The van der Waals surface area contributed by atoms with Gasteiger partial charge in [0.25, 0.3) is 0 Å². The maximum absolute atomic E-state index is 11.6. The number of carbonyl (C=O) groups excluding carboxylic acids is 1. The van der Waals surface area contributed by atoms with Crippen LogP contribution in [-0.2, 0) is 11.2 Å². The van der Waals surface area contributed by atoms with Crippen LogP contribution in [0.25, 0.3) is 6.08 Å². The van der Waals surface area contributed by atoms with Gasteiger partial charge < -0.3 is 4.74 Å². The SMILES string of the molecule is CC(C)OC(=O)c1ccc2c(c1)C=CC2. The van der Waals surface area contributed by atoms with Crippen molar-refractivity contribution in [2.45, 2.75) is 26.4 Å². The molecule has 0 N–H and O–H groups in total. The molecule has 0 saturated heterocycles. The normalized spacial score (nSPS) is 13.0. The number of carbonyl (C=O) groups is 1. The summed E-state index contributed by atoms with van der Waals surface area (Å²) < 4.78 is 5.13. The van der Waals surface area contributed by atoms with Gasteiger partial charge in [-0.05, 0) is 43.5 Å². The molecule has 0 spiro atoms. The van der Waals surface area contributed by atoms with Crippen molar-refractivity contribution in [3.8, 4) is 0 Å². The zero-order valence-corrected chi connectivity index (χ0v) is 8.99. The van der Waals surface area contributed by atoms with Gasteiger partial charge in [-0.3, -0.25) is 0 Å². The van der Waals surface area contributed by atoms with E-state index < -0.39 is 0 Å². The summed E-state index contributed by atoms with van der Waals surface area (Å²) in [5.41, 5.74) is 3.04. The molecule has 0 radical (unpaired) electrons. The van der Waals surface area contributed by atoms with Crippen molar-refractivity contribution >= 4 is 12.0 Å². The molecule has 78 valence electrons. The minimum Gasteiger partial charge on any atom is -0.459 e. The fourth-order valence-electron chi connectivity index (χ4n) is 1.66. The Morgan fingerprint density at radius 1 is 1.40 bits per heavy atom. The first-order valence-electron chi connectivity index (χ1n) is 5.17. The Morgan fingerprint density at radius 2 is 2.20 bits per heavy atom. The van der Waals surface area contributed by atoms with Gasteiger partial charge in [0.05, 0.1) is 11.7 Å². The van der Waals surface area contributed by atoms with Crippen molar-refractivity contribution in [2.24, 2.45) is 0 Å². The summed E-state index contributed by atoms with van der Waals surface area (Å²) in [7, 11) is 0. The summed E-state index contributed by atoms with van der Waals surface area (Å²) in [4.78, 5) is 11.6. The van der Waals surface area contributed by atoms with Gasteiger partial charge in [0.15, 0.2) is 0 Å². The fraction of sp³-hybridized carbons (Fsp3) is 0.308. The van der Waals surface area contributed by atoms with Crippen LogP contribution in [0, 0.1) is 0 Å². The van der Waals surface area contributed by atoms with Crippen LogP contribution < -0.4 is 0 Å². The third kappa shape index (κ3) is 2.09. The van der Waals surface area contributed by atoms with Crippen molar-refractivity contribution in [1.82, 2.24) is 0 Å². The first kappa shape index (κ1) is 9.97. The minimum absolute atomic E-state index is 0.0682. The second kappa shape index (κ2) is 3.89. The van der Waals surface area contributed by atoms with Gasteiger partial charge in [0.1, 0.15) is 0 Å². The number of benzene rings is 1. The van der Waals surface area contributed by atoms with Crippen LogP contribution in [0.4, 0.5) is 0 Å². The number of hydrogen-bond acceptors (Lipinski definition) is 2. The van der Waals surface area contributed by atoms with E-state index in [1.54, 1.807) is 0 Å². The first-order chi connectivity index (χ1) is 7.16. The van der Waals surface area contributed by atoms with Crippen molar-refractivity contribution in [3.05, 3.63) is 41.0 Å². The number of ether oxygens (including phenoxy) is 1. The monoisotopic (exact) mass is 202 g/mol. The van der Waals surface area contributed by atoms with Crippen molar-refractivity contribution in [2.75, 3.05) is 0 Å². The number of allylic oxidation sites excluding steroid dienone is 1. The third-order valence-electron chi connectivity index (χ3n) is 2.36. The molecule has 1 aliphatic rings. The zero-order valence-electron chi connectivity index (χ0n) is 8.99. The van der Waals surface area contributed by atoms with Crippen LogP contribution in [0.5, 0.6) is 0 Å². The van der Waals surface area contributed by atoms with E-state index in [9.17, 15) is 4.79 Å². The van der Waals surface area contributed by atoms with Crippen LogP contribution in [0.15, 0.2) is 24.3 Å². The Hall–Kier alpha value is -1.57. The van der Waals surface area contributed by atoms with Gasteiger partial charge in [-0.15, -0.1) is 0 Å². The lowest BCUT2D eigenvalue weighted by Crippen LogP contribution is -2.11. The van der Waals surface area contributed by atoms with Gasteiger partial charge in [0.2, 0.25) is 0 Å². The number of hydrogen-bond donors (Lipinski definition) is 0. The lowest BCUT2D eigenvalue weighted by atomic mass is 10.1. The minimum atomic E-state index is -0.242. The molecule has 2 nitrogen and oxygen atoms in total. The highest BCUT2D eigenvalue weighted by atomic mass is 16.5. The molecular weight excluding hydrogens is 188 g/mol. The highest BCUT2D eigenvalue weighted by molar-refractivity contribution is 5.90. The Labute approximate surface area is 89.6 Å². The largest absolute Gasteiger partial charge is 0.459 e. The third-order valence-corrected chi connectivity index (χ3v) is 2.36. The molecule has 0 bridgehead atoms. The van der Waals surface area contributed by atoms with E-state index in [2.05, 4.69) is 6.08 Å². The molecule has 1 aliphatic carbocycles.